The van der Waals surface area contributed by atoms with Crippen LogP contribution in [0.5, 0.6) is 5.75 Å². The van der Waals surface area contributed by atoms with E-state index in [-0.39, 0.29) is 16.6 Å². The molecule has 1 aliphatic heterocycles. The number of nitrogens with zero attached hydrogens (tertiary/aromatic N) is 1. The van der Waals surface area contributed by atoms with Crippen LogP contribution < -0.4 is 4.18 Å². The predicted octanol–water partition coefficient (Wildman–Crippen LogP) is 3.85. The van der Waals surface area contributed by atoms with Gasteiger partial charge in [0, 0.05) is 21.7 Å². The van der Waals surface area contributed by atoms with Crippen LogP contribution in [-0.4, -0.2) is 33.8 Å². The summed E-state index contributed by atoms with van der Waals surface area (Å²) < 4.78 is 89.5. The van der Waals surface area contributed by atoms with Gasteiger partial charge in [-0.3, -0.25) is 0 Å². The molecule has 12 heteroatoms. The summed E-state index contributed by atoms with van der Waals surface area (Å²) in [6.45, 7) is 0. The third-order valence-electron chi connectivity index (χ3n) is 4.11. The van der Waals surface area contributed by atoms with Gasteiger partial charge in [-0.2, -0.15) is 13.2 Å². The van der Waals surface area contributed by atoms with Gasteiger partial charge in [0.05, 0.1) is 0 Å². The number of halogens is 3. The summed E-state index contributed by atoms with van der Waals surface area (Å²) in [5.41, 5.74) is -5.84. The van der Waals surface area contributed by atoms with Crippen molar-refractivity contribution in [3.05, 3.63) is 40.5 Å². The molecule has 1 saturated heterocycles. The molecule has 1 heterocycles. The quantitative estimate of drug-likeness (QED) is 0.639. The van der Waals surface area contributed by atoms with Crippen LogP contribution in [0.1, 0.15) is 19.3 Å². The Morgan fingerprint density at radius 1 is 0.893 bits per heavy atom. The Balaban J connectivity index is 1.96. The Morgan fingerprint density at radius 2 is 1.50 bits per heavy atom. The van der Waals surface area contributed by atoms with Gasteiger partial charge >= 0.3 is 5.51 Å². The first-order valence-corrected chi connectivity index (χ1v) is 12.6. The molecular formula is C16H16F3NO5S3. The molecule has 1 fully saturated rings. The van der Waals surface area contributed by atoms with Gasteiger partial charge in [0.15, 0.2) is 14.9 Å². The number of fused-ring (bicyclic) bond motifs is 1. The lowest BCUT2D eigenvalue weighted by molar-refractivity contribution is -0.0425. The maximum absolute atomic E-state index is 12.4. The third-order valence-corrected chi connectivity index (χ3v) is 9.14. The van der Waals surface area contributed by atoms with Gasteiger partial charge < -0.3 is 8.31 Å². The van der Waals surface area contributed by atoms with Crippen molar-refractivity contribution in [3.8, 4) is 5.75 Å². The Labute approximate surface area is 163 Å². The molecule has 0 unspecified atom stereocenters. The van der Waals surface area contributed by atoms with E-state index in [0.29, 0.717) is 5.39 Å². The summed E-state index contributed by atoms with van der Waals surface area (Å²) in [6.07, 6.45) is 3.35. The van der Waals surface area contributed by atoms with E-state index in [0.717, 1.165) is 41.0 Å². The number of sulfonamides is 1. The second-order valence-electron chi connectivity index (χ2n) is 6.08. The lowest BCUT2D eigenvalue weighted by Crippen LogP contribution is -2.25. The topological polar surface area (TPSA) is 91.6 Å². The minimum absolute atomic E-state index is 0.0147. The Kier molecular flexibility index (Phi) is 5.86. The Morgan fingerprint density at radius 3 is 2.11 bits per heavy atom. The van der Waals surface area contributed by atoms with E-state index < -0.39 is 25.8 Å². The first kappa shape index (κ1) is 21.2. The summed E-state index contributed by atoms with van der Waals surface area (Å²) in [5, 5.41) is 1.08. The summed E-state index contributed by atoms with van der Waals surface area (Å²) in [6, 6.07) is 9.73. The largest absolute Gasteiger partial charge is 0.480 e. The second-order valence-corrected chi connectivity index (χ2v) is 11.3. The molecule has 0 radical (unpaired) electrons. The van der Waals surface area contributed by atoms with E-state index in [1.165, 1.54) is 6.07 Å². The maximum atomic E-state index is 12.4. The molecule has 1 aliphatic rings. The molecule has 154 valence electrons. The number of rotatable bonds is 5. The summed E-state index contributed by atoms with van der Waals surface area (Å²) >= 11 is 0. The fourth-order valence-electron chi connectivity index (χ4n) is 2.91. The van der Waals surface area contributed by atoms with Crippen LogP contribution in [0.25, 0.3) is 14.9 Å². The average Bonchev–Trinajstić information content (AvgIpc) is 2.60. The minimum atomic E-state index is -6.24. The number of hydrogen-bond acceptors (Lipinski definition) is 5. The highest BCUT2D eigenvalue weighted by atomic mass is 32.3. The molecule has 0 aliphatic carbocycles. The van der Waals surface area contributed by atoms with E-state index in [1.807, 2.05) is 4.13 Å². The van der Waals surface area contributed by atoms with Gasteiger partial charge in [-0.05, 0) is 37.5 Å². The van der Waals surface area contributed by atoms with E-state index in [2.05, 4.69) is 4.18 Å². The van der Waals surface area contributed by atoms with E-state index in [4.69, 9.17) is 0 Å². The molecule has 28 heavy (non-hydrogen) atoms. The van der Waals surface area contributed by atoms with Gasteiger partial charge in [0.1, 0.15) is 17.3 Å². The van der Waals surface area contributed by atoms with Gasteiger partial charge in [-0.15, -0.1) is 0 Å². The van der Waals surface area contributed by atoms with Crippen molar-refractivity contribution < 1.29 is 34.2 Å². The van der Waals surface area contributed by atoms with E-state index in [9.17, 15) is 30.0 Å². The number of hydrogen-bond donors (Lipinski definition) is 0. The molecular weight excluding hydrogens is 439 g/mol. The lowest BCUT2D eigenvalue weighted by atomic mass is 10.1. The van der Waals surface area contributed by atoms with Crippen LogP contribution in [0.4, 0.5) is 13.2 Å². The molecule has 2 aromatic carbocycles. The van der Waals surface area contributed by atoms with Crippen LogP contribution in [0.15, 0.2) is 41.3 Å². The molecule has 0 saturated carbocycles. The Hall–Kier alpha value is -1.50. The van der Waals surface area contributed by atoms with Crippen LogP contribution >= 0.6 is 0 Å². The molecule has 0 amide bonds. The van der Waals surface area contributed by atoms with E-state index in [1.54, 1.807) is 30.3 Å². The lowest BCUT2D eigenvalue weighted by Gasteiger charge is -2.22. The number of benzene rings is 2. The molecule has 6 nitrogen and oxygen atoms in total. The highest BCUT2D eigenvalue weighted by molar-refractivity contribution is 8.10. The summed E-state index contributed by atoms with van der Waals surface area (Å²) in [7, 11) is -11.6. The zero-order valence-electron chi connectivity index (χ0n) is 14.3. The average molecular weight is 456 g/mol. The highest BCUT2D eigenvalue weighted by Gasteiger charge is 2.41. The standard InChI is InChI=1S/C16H16F3NO5S3/c17-16(18,19)27(21,22)20-28(23,24)25-14-8-9-15(26-10-4-1-5-11-26)13-7-3-2-6-12(13)14/h2-3,6-9H,1,4-5,10-11H2. The van der Waals surface area contributed by atoms with Crippen molar-refractivity contribution in [1.82, 2.24) is 0 Å². The molecule has 2 aromatic rings. The monoisotopic (exact) mass is 455 g/mol. The molecule has 3 rings (SSSR count). The zero-order chi connectivity index (χ0) is 20.6. The fraction of sp³-hybridized carbons (Fsp3) is 0.375. The van der Waals surface area contributed by atoms with E-state index >= 15 is 0 Å². The maximum Gasteiger partial charge on any atom is 0.480 e. The van der Waals surface area contributed by atoms with Crippen molar-refractivity contribution in [2.45, 2.75) is 29.7 Å². The Bertz CT molecular complexity index is 1080. The van der Waals surface area contributed by atoms with Crippen molar-refractivity contribution in [1.29, 1.82) is 0 Å². The van der Waals surface area contributed by atoms with Crippen LogP contribution in [-0.2, 0) is 31.2 Å². The third kappa shape index (κ3) is 4.56. The molecule has 0 aromatic heterocycles. The van der Waals surface area contributed by atoms with Gasteiger partial charge in [0.2, 0.25) is 10.3 Å². The first-order chi connectivity index (χ1) is 13.0. The normalized spacial score (nSPS) is 17.0. The molecule has 0 bridgehead atoms. The van der Waals surface area contributed by atoms with Crippen LogP contribution in [0.2, 0.25) is 0 Å². The molecule has 0 atom stereocenters. The predicted molar refractivity (Wildman–Crippen MR) is 101 cm³/mol. The van der Waals surface area contributed by atoms with Crippen LogP contribution in [0.3, 0.4) is 0 Å². The molecule has 0 spiro atoms. The summed E-state index contributed by atoms with van der Waals surface area (Å²) in [5.74, 6) is 1.75. The van der Waals surface area contributed by atoms with Crippen molar-refractivity contribution >= 4 is 42.0 Å². The number of alkyl halides is 3. The molecule has 0 N–H and O–H groups in total. The SMILES string of the molecule is O=S(=O)([N-]S(=O)(=O)C(F)(F)F)Oc1ccc([S+]2CCCCC2)c2ccccc12. The van der Waals surface area contributed by atoms with Crippen molar-refractivity contribution in [3.63, 3.8) is 0 Å². The fourth-order valence-corrected chi connectivity index (χ4v) is 7.20. The van der Waals surface area contributed by atoms with Crippen molar-refractivity contribution in [2.24, 2.45) is 0 Å². The van der Waals surface area contributed by atoms with Crippen molar-refractivity contribution in [2.75, 3.05) is 11.5 Å². The summed E-state index contributed by atoms with van der Waals surface area (Å²) in [4.78, 5) is 1.03. The van der Waals surface area contributed by atoms with Gasteiger partial charge in [0.25, 0.3) is 0 Å². The minimum Gasteiger partial charge on any atom is -0.394 e. The smallest absolute Gasteiger partial charge is 0.394 e. The second kappa shape index (κ2) is 7.73. The van der Waals surface area contributed by atoms with Gasteiger partial charge in [-0.1, -0.05) is 18.2 Å². The first-order valence-electron chi connectivity index (χ1n) is 8.19. The van der Waals surface area contributed by atoms with Crippen LogP contribution in [0, 0.1) is 0 Å². The van der Waals surface area contributed by atoms with Gasteiger partial charge in [-0.25, -0.2) is 16.8 Å². The highest BCUT2D eigenvalue weighted by Crippen LogP contribution is 2.36. The zero-order valence-corrected chi connectivity index (χ0v) is 16.8.